The molecule has 0 radical (unpaired) electrons. The van der Waals surface area contributed by atoms with Gasteiger partial charge in [0.2, 0.25) is 0 Å². The lowest BCUT2D eigenvalue weighted by molar-refractivity contribution is 0.298. The maximum absolute atomic E-state index is 5.83. The van der Waals surface area contributed by atoms with Crippen molar-refractivity contribution in [1.29, 1.82) is 0 Å². The van der Waals surface area contributed by atoms with Crippen LogP contribution in [0.15, 0.2) is 42.5 Å². The molecule has 0 unspecified atom stereocenters. The molecule has 0 spiro atoms. The molecule has 0 aliphatic carbocycles. The molecular formula is C16H18O3. The maximum Gasteiger partial charge on any atom is 0.164 e. The summed E-state index contributed by atoms with van der Waals surface area (Å²) in [5.41, 5.74) is 2.16. The molecular weight excluding hydrogens is 240 g/mol. The van der Waals surface area contributed by atoms with E-state index in [1.54, 1.807) is 14.2 Å². The molecule has 2 rings (SSSR count). The van der Waals surface area contributed by atoms with E-state index >= 15 is 0 Å². The van der Waals surface area contributed by atoms with Gasteiger partial charge in [0.15, 0.2) is 11.5 Å². The van der Waals surface area contributed by atoms with Gasteiger partial charge in [-0.05, 0) is 24.1 Å². The van der Waals surface area contributed by atoms with Crippen molar-refractivity contribution in [1.82, 2.24) is 0 Å². The highest BCUT2D eigenvalue weighted by Crippen LogP contribution is 2.34. The van der Waals surface area contributed by atoms with E-state index in [4.69, 9.17) is 14.2 Å². The zero-order valence-electron chi connectivity index (χ0n) is 11.5. The highest BCUT2D eigenvalue weighted by molar-refractivity contribution is 5.50. The Morgan fingerprint density at radius 2 is 1.47 bits per heavy atom. The molecule has 0 saturated carbocycles. The summed E-state index contributed by atoms with van der Waals surface area (Å²) in [6, 6.07) is 13.8. The highest BCUT2D eigenvalue weighted by Gasteiger charge is 2.09. The van der Waals surface area contributed by atoms with Crippen LogP contribution >= 0.6 is 0 Å². The fourth-order valence-corrected chi connectivity index (χ4v) is 1.85. The molecule has 0 atom stereocenters. The van der Waals surface area contributed by atoms with Gasteiger partial charge in [-0.25, -0.2) is 0 Å². The van der Waals surface area contributed by atoms with Crippen molar-refractivity contribution in [3.8, 4) is 17.2 Å². The number of hydrogen-bond acceptors (Lipinski definition) is 3. The summed E-state index contributed by atoms with van der Waals surface area (Å²) >= 11 is 0. The number of aryl methyl sites for hydroxylation is 1. The van der Waals surface area contributed by atoms with Gasteiger partial charge < -0.3 is 14.2 Å². The van der Waals surface area contributed by atoms with Gasteiger partial charge in [0, 0.05) is 6.07 Å². The fourth-order valence-electron chi connectivity index (χ4n) is 1.85. The molecule has 0 amide bonds. The Bertz CT molecular complexity index is 535. The van der Waals surface area contributed by atoms with Crippen molar-refractivity contribution in [2.24, 2.45) is 0 Å². The highest BCUT2D eigenvalue weighted by atomic mass is 16.5. The van der Waals surface area contributed by atoms with Crippen LogP contribution in [0.2, 0.25) is 0 Å². The topological polar surface area (TPSA) is 27.7 Å². The molecule has 0 aliphatic heterocycles. The lowest BCUT2D eigenvalue weighted by Gasteiger charge is -2.13. The number of benzene rings is 2. The first-order valence-electron chi connectivity index (χ1n) is 6.14. The average molecular weight is 258 g/mol. The van der Waals surface area contributed by atoms with Crippen molar-refractivity contribution in [2.45, 2.75) is 13.5 Å². The Morgan fingerprint density at radius 3 is 2.11 bits per heavy atom. The molecule has 100 valence electrons. The van der Waals surface area contributed by atoms with E-state index in [0.29, 0.717) is 18.1 Å². The summed E-state index contributed by atoms with van der Waals surface area (Å²) in [4.78, 5) is 0. The van der Waals surface area contributed by atoms with Crippen LogP contribution in [0.1, 0.15) is 11.1 Å². The Morgan fingerprint density at radius 1 is 0.842 bits per heavy atom. The van der Waals surface area contributed by atoms with Gasteiger partial charge >= 0.3 is 0 Å². The normalized spacial score (nSPS) is 10.1. The summed E-state index contributed by atoms with van der Waals surface area (Å²) in [6.07, 6.45) is 0. The first-order chi connectivity index (χ1) is 9.24. The quantitative estimate of drug-likeness (QED) is 0.820. The summed E-state index contributed by atoms with van der Waals surface area (Å²) in [7, 11) is 3.25. The molecule has 0 aliphatic rings. The zero-order valence-corrected chi connectivity index (χ0v) is 11.5. The van der Waals surface area contributed by atoms with Crippen molar-refractivity contribution in [3.05, 3.63) is 53.6 Å². The first kappa shape index (κ1) is 13.3. The zero-order chi connectivity index (χ0) is 13.7. The van der Waals surface area contributed by atoms with E-state index in [-0.39, 0.29) is 0 Å². The van der Waals surface area contributed by atoms with E-state index in [1.165, 1.54) is 0 Å². The minimum absolute atomic E-state index is 0.539. The Hall–Kier alpha value is -2.16. The minimum atomic E-state index is 0.539. The van der Waals surface area contributed by atoms with E-state index in [2.05, 4.69) is 0 Å². The molecule has 19 heavy (non-hydrogen) atoms. The van der Waals surface area contributed by atoms with E-state index in [9.17, 15) is 0 Å². The van der Waals surface area contributed by atoms with Gasteiger partial charge in [0.25, 0.3) is 0 Å². The maximum atomic E-state index is 5.83. The lowest BCUT2D eigenvalue weighted by atomic mass is 10.2. The third-order valence-electron chi connectivity index (χ3n) is 2.92. The molecule has 0 heterocycles. The Balaban J connectivity index is 2.16. The number of hydrogen-bond donors (Lipinski definition) is 0. The van der Waals surface area contributed by atoms with Crippen LogP contribution in [-0.2, 0) is 6.61 Å². The number of methoxy groups -OCH3 is 2. The van der Waals surface area contributed by atoms with Crippen LogP contribution in [0.5, 0.6) is 17.2 Å². The van der Waals surface area contributed by atoms with Gasteiger partial charge in [0.05, 0.1) is 14.2 Å². The number of ether oxygens (including phenoxy) is 3. The largest absolute Gasteiger partial charge is 0.493 e. The molecule has 0 N–H and O–H groups in total. The Labute approximate surface area is 113 Å². The van der Waals surface area contributed by atoms with E-state index in [0.717, 1.165) is 16.9 Å². The molecule has 2 aromatic carbocycles. The minimum Gasteiger partial charge on any atom is -0.493 e. The molecule has 0 saturated heterocycles. The monoisotopic (exact) mass is 258 g/mol. The van der Waals surface area contributed by atoms with Crippen LogP contribution in [0, 0.1) is 6.92 Å². The van der Waals surface area contributed by atoms with Crippen molar-refractivity contribution in [2.75, 3.05) is 14.2 Å². The molecule has 3 nitrogen and oxygen atoms in total. The van der Waals surface area contributed by atoms with Gasteiger partial charge in [-0.1, -0.05) is 30.3 Å². The van der Waals surface area contributed by atoms with Crippen LogP contribution in [0.25, 0.3) is 0 Å². The SMILES string of the molecule is COc1cc(C)c(OCc2ccccc2)cc1OC. The summed E-state index contributed by atoms with van der Waals surface area (Å²) in [6.45, 7) is 2.53. The standard InChI is InChI=1S/C16H18O3/c1-12-9-15(17-2)16(18-3)10-14(12)19-11-13-7-5-4-6-8-13/h4-10H,11H2,1-3H3. The molecule has 0 bridgehead atoms. The molecule has 0 aromatic heterocycles. The van der Waals surface area contributed by atoms with E-state index in [1.807, 2.05) is 49.4 Å². The second-order valence-electron chi connectivity index (χ2n) is 4.25. The van der Waals surface area contributed by atoms with Crippen molar-refractivity contribution in [3.63, 3.8) is 0 Å². The molecule has 3 heteroatoms. The average Bonchev–Trinajstić information content (AvgIpc) is 2.46. The third kappa shape index (κ3) is 3.19. The van der Waals surface area contributed by atoms with Crippen molar-refractivity contribution >= 4 is 0 Å². The second-order valence-corrected chi connectivity index (χ2v) is 4.25. The van der Waals surface area contributed by atoms with Crippen molar-refractivity contribution < 1.29 is 14.2 Å². The summed E-state index contributed by atoms with van der Waals surface area (Å²) in [5, 5.41) is 0. The van der Waals surface area contributed by atoms with Gasteiger partial charge in [-0.15, -0.1) is 0 Å². The smallest absolute Gasteiger partial charge is 0.164 e. The van der Waals surface area contributed by atoms with Crippen LogP contribution in [0.3, 0.4) is 0 Å². The van der Waals surface area contributed by atoms with Gasteiger partial charge in [-0.2, -0.15) is 0 Å². The summed E-state index contributed by atoms with van der Waals surface area (Å²) < 4.78 is 16.4. The Kier molecular flexibility index (Phi) is 4.29. The van der Waals surface area contributed by atoms with Gasteiger partial charge in [-0.3, -0.25) is 0 Å². The lowest BCUT2D eigenvalue weighted by Crippen LogP contribution is -1.99. The van der Waals surface area contributed by atoms with Crippen LogP contribution in [0.4, 0.5) is 0 Å². The van der Waals surface area contributed by atoms with Gasteiger partial charge in [0.1, 0.15) is 12.4 Å². The van der Waals surface area contributed by atoms with E-state index < -0.39 is 0 Å². The molecule has 2 aromatic rings. The fraction of sp³-hybridized carbons (Fsp3) is 0.250. The second kappa shape index (κ2) is 6.14. The van der Waals surface area contributed by atoms with Crippen LogP contribution < -0.4 is 14.2 Å². The summed E-state index contributed by atoms with van der Waals surface area (Å²) in [5.74, 6) is 2.20. The first-order valence-corrected chi connectivity index (χ1v) is 6.14. The predicted octanol–water partition coefficient (Wildman–Crippen LogP) is 3.59. The third-order valence-corrected chi connectivity index (χ3v) is 2.92. The van der Waals surface area contributed by atoms with Crippen LogP contribution in [-0.4, -0.2) is 14.2 Å². The predicted molar refractivity (Wildman–Crippen MR) is 75.1 cm³/mol. The number of rotatable bonds is 5. The molecule has 0 fully saturated rings.